The summed E-state index contributed by atoms with van der Waals surface area (Å²) in [5.41, 5.74) is 6.11. The molecule has 3 heteroatoms. The molecule has 0 bridgehead atoms. The van der Waals surface area contributed by atoms with Crippen molar-refractivity contribution >= 4 is 0 Å². The molecule has 16 heavy (non-hydrogen) atoms. The second kappa shape index (κ2) is 6.38. The predicted molar refractivity (Wildman–Crippen MR) is 70.5 cm³/mol. The van der Waals surface area contributed by atoms with Gasteiger partial charge in [-0.15, -0.1) is 6.58 Å². The number of nitrogens with two attached hydrogens (primary N) is 1. The molecule has 94 valence electrons. The van der Waals surface area contributed by atoms with Crippen molar-refractivity contribution in [3.05, 3.63) is 12.7 Å². The van der Waals surface area contributed by atoms with E-state index < -0.39 is 0 Å². The van der Waals surface area contributed by atoms with Gasteiger partial charge in [0.15, 0.2) is 0 Å². The highest BCUT2D eigenvalue weighted by atomic mass is 15.2. The van der Waals surface area contributed by atoms with Crippen LogP contribution in [0.2, 0.25) is 0 Å². The summed E-state index contributed by atoms with van der Waals surface area (Å²) >= 11 is 0. The van der Waals surface area contributed by atoms with Gasteiger partial charge in [0.2, 0.25) is 0 Å². The van der Waals surface area contributed by atoms with Gasteiger partial charge in [-0.1, -0.05) is 6.08 Å². The number of rotatable bonds is 6. The molecule has 0 aliphatic carbocycles. The highest BCUT2D eigenvalue weighted by Gasteiger charge is 2.33. The minimum absolute atomic E-state index is 0.175. The van der Waals surface area contributed by atoms with E-state index in [1.54, 1.807) is 0 Å². The van der Waals surface area contributed by atoms with Gasteiger partial charge in [-0.2, -0.15) is 0 Å². The van der Waals surface area contributed by atoms with Crippen LogP contribution in [0, 0.1) is 0 Å². The van der Waals surface area contributed by atoms with Gasteiger partial charge in [0.1, 0.15) is 0 Å². The van der Waals surface area contributed by atoms with Crippen LogP contribution in [0.15, 0.2) is 12.7 Å². The van der Waals surface area contributed by atoms with Crippen molar-refractivity contribution in [1.29, 1.82) is 0 Å². The Kier molecular flexibility index (Phi) is 5.46. The third-order valence-corrected chi connectivity index (χ3v) is 3.72. The van der Waals surface area contributed by atoms with Gasteiger partial charge < -0.3 is 16.0 Å². The molecule has 0 unspecified atom stereocenters. The van der Waals surface area contributed by atoms with Crippen molar-refractivity contribution in [1.82, 2.24) is 10.2 Å². The highest BCUT2D eigenvalue weighted by molar-refractivity contribution is 4.95. The van der Waals surface area contributed by atoms with Crippen LogP contribution in [-0.2, 0) is 0 Å². The first kappa shape index (κ1) is 13.7. The van der Waals surface area contributed by atoms with E-state index in [2.05, 4.69) is 30.6 Å². The van der Waals surface area contributed by atoms with Crippen LogP contribution in [0.3, 0.4) is 0 Å². The Morgan fingerprint density at radius 3 is 2.50 bits per heavy atom. The SMILES string of the molecule is C=CCCNC1(CN)CCN(C(C)C)CC1. The first-order valence-electron chi connectivity index (χ1n) is 6.43. The predicted octanol–water partition coefficient (Wildman–Crippen LogP) is 1.35. The molecule has 0 spiro atoms. The molecule has 3 nitrogen and oxygen atoms in total. The van der Waals surface area contributed by atoms with Gasteiger partial charge in [0.05, 0.1) is 0 Å². The van der Waals surface area contributed by atoms with Crippen LogP contribution in [0.4, 0.5) is 0 Å². The number of hydrogen-bond acceptors (Lipinski definition) is 3. The lowest BCUT2D eigenvalue weighted by atomic mass is 9.87. The fourth-order valence-corrected chi connectivity index (χ4v) is 2.36. The smallest absolute Gasteiger partial charge is 0.0328 e. The molecule has 0 saturated carbocycles. The van der Waals surface area contributed by atoms with Gasteiger partial charge in [0, 0.05) is 31.2 Å². The highest BCUT2D eigenvalue weighted by Crippen LogP contribution is 2.22. The molecule has 1 saturated heterocycles. The van der Waals surface area contributed by atoms with E-state index in [4.69, 9.17) is 5.73 Å². The maximum atomic E-state index is 5.94. The van der Waals surface area contributed by atoms with Gasteiger partial charge >= 0.3 is 0 Å². The zero-order valence-corrected chi connectivity index (χ0v) is 10.8. The van der Waals surface area contributed by atoms with E-state index in [1.165, 1.54) is 12.8 Å². The van der Waals surface area contributed by atoms with Gasteiger partial charge in [-0.3, -0.25) is 0 Å². The Balaban J connectivity index is 2.41. The zero-order chi connectivity index (χ0) is 12.0. The fourth-order valence-electron chi connectivity index (χ4n) is 2.36. The quantitative estimate of drug-likeness (QED) is 0.530. The lowest BCUT2D eigenvalue weighted by molar-refractivity contribution is 0.115. The molecule has 0 aromatic rings. The van der Waals surface area contributed by atoms with E-state index in [-0.39, 0.29) is 5.54 Å². The largest absolute Gasteiger partial charge is 0.329 e. The second-order valence-corrected chi connectivity index (χ2v) is 5.12. The van der Waals surface area contributed by atoms with Gasteiger partial charge in [0.25, 0.3) is 0 Å². The Hall–Kier alpha value is -0.380. The molecule has 1 heterocycles. The molecule has 1 aliphatic heterocycles. The number of hydrogen-bond donors (Lipinski definition) is 2. The Morgan fingerprint density at radius 2 is 2.06 bits per heavy atom. The molecule has 0 amide bonds. The zero-order valence-electron chi connectivity index (χ0n) is 10.8. The molecule has 0 radical (unpaired) electrons. The molecule has 0 aromatic carbocycles. The minimum Gasteiger partial charge on any atom is -0.329 e. The van der Waals surface area contributed by atoms with Gasteiger partial charge in [-0.25, -0.2) is 0 Å². The number of nitrogens with one attached hydrogen (secondary N) is 1. The van der Waals surface area contributed by atoms with Crippen molar-refractivity contribution in [2.24, 2.45) is 5.73 Å². The molecular weight excluding hydrogens is 198 g/mol. The third-order valence-electron chi connectivity index (χ3n) is 3.72. The number of likely N-dealkylation sites (tertiary alicyclic amines) is 1. The fraction of sp³-hybridized carbons (Fsp3) is 0.846. The van der Waals surface area contributed by atoms with E-state index in [9.17, 15) is 0 Å². The average molecular weight is 225 g/mol. The van der Waals surface area contributed by atoms with Crippen LogP contribution >= 0.6 is 0 Å². The number of nitrogens with zero attached hydrogens (tertiary/aromatic N) is 1. The molecule has 1 aliphatic rings. The second-order valence-electron chi connectivity index (χ2n) is 5.12. The summed E-state index contributed by atoms with van der Waals surface area (Å²) in [5, 5.41) is 3.62. The molecule has 0 aromatic heterocycles. The summed E-state index contributed by atoms with van der Waals surface area (Å²) in [5.74, 6) is 0. The summed E-state index contributed by atoms with van der Waals surface area (Å²) in [4.78, 5) is 2.53. The number of piperidine rings is 1. The van der Waals surface area contributed by atoms with Crippen molar-refractivity contribution < 1.29 is 0 Å². The molecular formula is C13H27N3. The third kappa shape index (κ3) is 3.58. The van der Waals surface area contributed by atoms with Crippen LogP contribution in [-0.4, -0.2) is 42.7 Å². The Morgan fingerprint density at radius 1 is 1.44 bits per heavy atom. The molecule has 3 N–H and O–H groups in total. The maximum absolute atomic E-state index is 5.94. The molecule has 0 atom stereocenters. The van der Waals surface area contributed by atoms with E-state index in [0.717, 1.165) is 32.6 Å². The van der Waals surface area contributed by atoms with Crippen molar-refractivity contribution in [2.75, 3.05) is 26.2 Å². The standard InChI is InChI=1S/C13H27N3/c1-4-5-8-15-13(11-14)6-9-16(10-7-13)12(2)3/h4,12,15H,1,5-11,14H2,2-3H3. The normalized spacial score (nSPS) is 21.2. The lowest BCUT2D eigenvalue weighted by Gasteiger charge is -2.43. The van der Waals surface area contributed by atoms with Crippen LogP contribution in [0.1, 0.15) is 33.1 Å². The summed E-state index contributed by atoms with van der Waals surface area (Å²) in [6.07, 6.45) is 5.31. The lowest BCUT2D eigenvalue weighted by Crippen LogP contribution is -2.58. The van der Waals surface area contributed by atoms with Crippen molar-refractivity contribution in [3.8, 4) is 0 Å². The Bertz CT molecular complexity index is 205. The molecule has 1 fully saturated rings. The average Bonchev–Trinajstić information content (AvgIpc) is 2.30. The van der Waals surface area contributed by atoms with Gasteiger partial charge in [-0.05, 0) is 39.7 Å². The molecule has 1 rings (SSSR count). The summed E-state index contributed by atoms with van der Waals surface area (Å²) in [6.45, 7) is 12.4. The Labute approximate surface area is 100 Å². The summed E-state index contributed by atoms with van der Waals surface area (Å²) in [7, 11) is 0. The van der Waals surface area contributed by atoms with E-state index in [0.29, 0.717) is 6.04 Å². The van der Waals surface area contributed by atoms with Crippen molar-refractivity contribution in [2.45, 2.75) is 44.7 Å². The topological polar surface area (TPSA) is 41.3 Å². The van der Waals surface area contributed by atoms with E-state index in [1.807, 2.05) is 6.08 Å². The summed E-state index contributed by atoms with van der Waals surface area (Å²) in [6, 6.07) is 0.656. The van der Waals surface area contributed by atoms with Crippen molar-refractivity contribution in [3.63, 3.8) is 0 Å². The summed E-state index contributed by atoms with van der Waals surface area (Å²) < 4.78 is 0. The monoisotopic (exact) mass is 225 g/mol. The first-order valence-corrected chi connectivity index (χ1v) is 6.43. The first-order chi connectivity index (χ1) is 7.63. The maximum Gasteiger partial charge on any atom is 0.0328 e. The van der Waals surface area contributed by atoms with E-state index >= 15 is 0 Å². The minimum atomic E-state index is 0.175. The van der Waals surface area contributed by atoms with Crippen LogP contribution < -0.4 is 11.1 Å². The van der Waals surface area contributed by atoms with Crippen LogP contribution in [0.5, 0.6) is 0 Å². The van der Waals surface area contributed by atoms with Crippen LogP contribution in [0.25, 0.3) is 0 Å².